The average molecular weight is 399 g/mol. The zero-order chi connectivity index (χ0) is 20.8. The number of nitrogens with one attached hydrogen (secondary N) is 1. The highest BCUT2D eigenvalue weighted by Crippen LogP contribution is 2.14. The van der Waals surface area contributed by atoms with E-state index in [-0.39, 0.29) is 23.7 Å². The number of carbonyl (C=O) groups excluding carboxylic acids is 3. The molecule has 8 heteroatoms. The van der Waals surface area contributed by atoms with Gasteiger partial charge in [0.05, 0.1) is 6.61 Å². The van der Waals surface area contributed by atoms with E-state index >= 15 is 0 Å². The number of carbonyl (C=O) groups is 3. The number of benzene rings is 2. The van der Waals surface area contributed by atoms with Crippen LogP contribution in [0.3, 0.4) is 0 Å². The molecule has 0 aliphatic carbocycles. The number of nitrogens with zero attached hydrogens (tertiary/aromatic N) is 2. The van der Waals surface area contributed by atoms with Crippen LogP contribution in [0.25, 0.3) is 0 Å². The van der Waals surface area contributed by atoms with Crippen molar-refractivity contribution in [3.63, 3.8) is 0 Å². The molecule has 2 aromatic rings. The van der Waals surface area contributed by atoms with Gasteiger partial charge in [-0.15, -0.1) is 0 Å². The zero-order valence-electron chi connectivity index (χ0n) is 16.1. The van der Waals surface area contributed by atoms with Gasteiger partial charge in [0.15, 0.2) is 0 Å². The minimum Gasteiger partial charge on any atom is -0.450 e. The highest BCUT2D eigenvalue weighted by Gasteiger charge is 2.25. The predicted molar refractivity (Wildman–Crippen MR) is 105 cm³/mol. The highest BCUT2D eigenvalue weighted by molar-refractivity contribution is 6.05. The van der Waals surface area contributed by atoms with Gasteiger partial charge in [0.1, 0.15) is 5.82 Å². The lowest BCUT2D eigenvalue weighted by atomic mass is 10.1. The van der Waals surface area contributed by atoms with Crippen LogP contribution in [0.5, 0.6) is 0 Å². The number of ether oxygens (including phenoxy) is 1. The molecule has 1 heterocycles. The number of anilines is 1. The van der Waals surface area contributed by atoms with Crippen LogP contribution in [0.1, 0.15) is 27.6 Å². The Hall–Kier alpha value is -3.42. The summed E-state index contributed by atoms with van der Waals surface area (Å²) in [4.78, 5) is 39.9. The molecule has 0 saturated carbocycles. The van der Waals surface area contributed by atoms with E-state index in [1.54, 1.807) is 41.0 Å². The third-order valence-corrected chi connectivity index (χ3v) is 4.59. The summed E-state index contributed by atoms with van der Waals surface area (Å²) in [6, 6.07) is 11.8. The van der Waals surface area contributed by atoms with Crippen LogP contribution in [-0.4, -0.2) is 60.5 Å². The van der Waals surface area contributed by atoms with Crippen LogP contribution in [0.2, 0.25) is 0 Å². The molecule has 0 aromatic heterocycles. The second-order valence-corrected chi connectivity index (χ2v) is 6.52. The molecule has 0 spiro atoms. The quantitative estimate of drug-likeness (QED) is 0.857. The van der Waals surface area contributed by atoms with Gasteiger partial charge < -0.3 is 19.9 Å². The van der Waals surface area contributed by atoms with Crippen molar-refractivity contribution in [1.29, 1.82) is 0 Å². The standard InChI is InChI=1S/C21H22FN3O4/c1-2-29-21(28)25-13-11-24(12-14-25)20(27)16-5-3-15(4-6-16)19(26)23-18-9-7-17(22)8-10-18/h3-10H,2,11-14H2,1H3,(H,23,26). The third-order valence-electron chi connectivity index (χ3n) is 4.59. The first kappa shape index (κ1) is 20.3. The molecule has 0 bridgehead atoms. The molecule has 1 N–H and O–H groups in total. The Balaban J connectivity index is 1.57. The van der Waals surface area contributed by atoms with Gasteiger partial charge in [0.25, 0.3) is 11.8 Å². The first-order chi connectivity index (χ1) is 14.0. The number of amides is 3. The van der Waals surface area contributed by atoms with Crippen molar-refractivity contribution in [2.75, 3.05) is 38.1 Å². The molecule has 29 heavy (non-hydrogen) atoms. The van der Waals surface area contributed by atoms with Gasteiger partial charge in [0, 0.05) is 43.0 Å². The number of halogens is 1. The highest BCUT2D eigenvalue weighted by atomic mass is 19.1. The Kier molecular flexibility index (Phi) is 6.43. The van der Waals surface area contributed by atoms with Crippen molar-refractivity contribution in [3.8, 4) is 0 Å². The summed E-state index contributed by atoms with van der Waals surface area (Å²) in [5, 5.41) is 2.67. The van der Waals surface area contributed by atoms with Gasteiger partial charge in [-0.05, 0) is 55.5 Å². The van der Waals surface area contributed by atoms with E-state index in [0.717, 1.165) is 0 Å². The maximum absolute atomic E-state index is 12.9. The molecule has 1 saturated heterocycles. The molecule has 0 radical (unpaired) electrons. The van der Waals surface area contributed by atoms with Gasteiger partial charge >= 0.3 is 6.09 Å². The van der Waals surface area contributed by atoms with Crippen molar-refractivity contribution in [1.82, 2.24) is 9.80 Å². The van der Waals surface area contributed by atoms with Crippen molar-refractivity contribution in [2.24, 2.45) is 0 Å². The molecular formula is C21H22FN3O4. The van der Waals surface area contributed by atoms with Crippen molar-refractivity contribution in [2.45, 2.75) is 6.92 Å². The lowest BCUT2D eigenvalue weighted by Gasteiger charge is -2.34. The Morgan fingerprint density at radius 1 is 0.897 bits per heavy atom. The predicted octanol–water partition coefficient (Wildman–Crippen LogP) is 2.99. The SMILES string of the molecule is CCOC(=O)N1CCN(C(=O)c2ccc(C(=O)Nc3ccc(F)cc3)cc2)CC1. The van der Waals surface area contributed by atoms with Crippen LogP contribution < -0.4 is 5.32 Å². The molecule has 3 amide bonds. The Labute approximate surface area is 168 Å². The van der Waals surface area contributed by atoms with Gasteiger partial charge in [0.2, 0.25) is 0 Å². The van der Waals surface area contributed by atoms with E-state index < -0.39 is 0 Å². The number of hydrogen-bond acceptors (Lipinski definition) is 4. The van der Waals surface area contributed by atoms with Gasteiger partial charge in [-0.1, -0.05) is 0 Å². The maximum Gasteiger partial charge on any atom is 0.409 e. The molecule has 1 aliphatic rings. The van der Waals surface area contributed by atoms with E-state index in [4.69, 9.17) is 4.74 Å². The number of piperazine rings is 1. The van der Waals surface area contributed by atoms with Crippen LogP contribution >= 0.6 is 0 Å². The van der Waals surface area contributed by atoms with Gasteiger partial charge in [-0.3, -0.25) is 9.59 Å². The largest absolute Gasteiger partial charge is 0.450 e. The normalized spacial score (nSPS) is 13.7. The van der Waals surface area contributed by atoms with Crippen LogP contribution in [-0.2, 0) is 4.74 Å². The van der Waals surface area contributed by atoms with E-state index in [9.17, 15) is 18.8 Å². The molecule has 1 aliphatic heterocycles. The lowest BCUT2D eigenvalue weighted by molar-refractivity contribution is 0.0570. The van der Waals surface area contributed by atoms with Crippen LogP contribution in [0.15, 0.2) is 48.5 Å². The summed E-state index contributed by atoms with van der Waals surface area (Å²) >= 11 is 0. The maximum atomic E-state index is 12.9. The Bertz CT molecular complexity index is 876. The molecule has 2 aromatic carbocycles. The summed E-state index contributed by atoms with van der Waals surface area (Å²) in [7, 11) is 0. The number of hydrogen-bond donors (Lipinski definition) is 1. The van der Waals surface area contributed by atoms with Gasteiger partial charge in [-0.2, -0.15) is 0 Å². The Morgan fingerprint density at radius 3 is 2.03 bits per heavy atom. The van der Waals surface area contributed by atoms with Crippen molar-refractivity contribution < 1.29 is 23.5 Å². The Morgan fingerprint density at radius 2 is 1.45 bits per heavy atom. The van der Waals surface area contributed by atoms with Crippen LogP contribution in [0, 0.1) is 5.82 Å². The fourth-order valence-electron chi connectivity index (χ4n) is 2.99. The molecule has 0 unspecified atom stereocenters. The molecule has 1 fully saturated rings. The summed E-state index contributed by atoms with van der Waals surface area (Å²) in [5.74, 6) is -0.883. The molecule has 3 rings (SSSR count). The third kappa shape index (κ3) is 5.10. The van der Waals surface area contributed by atoms with E-state index in [1.165, 1.54) is 24.3 Å². The smallest absolute Gasteiger partial charge is 0.409 e. The van der Waals surface area contributed by atoms with E-state index in [0.29, 0.717) is 49.6 Å². The van der Waals surface area contributed by atoms with E-state index in [1.807, 2.05) is 0 Å². The van der Waals surface area contributed by atoms with E-state index in [2.05, 4.69) is 5.32 Å². The average Bonchev–Trinajstić information content (AvgIpc) is 2.75. The fourth-order valence-corrected chi connectivity index (χ4v) is 2.99. The molecule has 7 nitrogen and oxygen atoms in total. The second-order valence-electron chi connectivity index (χ2n) is 6.52. The fraction of sp³-hybridized carbons (Fsp3) is 0.286. The summed E-state index contributed by atoms with van der Waals surface area (Å²) in [5.41, 5.74) is 1.34. The topological polar surface area (TPSA) is 79.0 Å². The second kappa shape index (κ2) is 9.18. The summed E-state index contributed by atoms with van der Waals surface area (Å²) in [6.07, 6.45) is -0.365. The van der Waals surface area contributed by atoms with Gasteiger partial charge in [-0.25, -0.2) is 9.18 Å². The summed E-state index contributed by atoms with van der Waals surface area (Å²) in [6.45, 7) is 3.75. The monoisotopic (exact) mass is 399 g/mol. The minimum absolute atomic E-state index is 0.154. The summed E-state index contributed by atoms with van der Waals surface area (Å²) < 4.78 is 17.9. The molecular weight excluding hydrogens is 377 g/mol. The number of rotatable bonds is 4. The van der Waals surface area contributed by atoms with Crippen molar-refractivity contribution in [3.05, 3.63) is 65.5 Å². The van der Waals surface area contributed by atoms with Crippen LogP contribution in [0.4, 0.5) is 14.9 Å². The lowest BCUT2D eigenvalue weighted by Crippen LogP contribution is -2.50. The minimum atomic E-state index is -0.381. The molecule has 0 atom stereocenters. The van der Waals surface area contributed by atoms with Crippen molar-refractivity contribution >= 4 is 23.6 Å². The molecule has 152 valence electrons. The first-order valence-corrected chi connectivity index (χ1v) is 9.36. The first-order valence-electron chi connectivity index (χ1n) is 9.36. The zero-order valence-corrected chi connectivity index (χ0v) is 16.1.